The summed E-state index contributed by atoms with van der Waals surface area (Å²) in [6, 6.07) is 9.38. The molecule has 0 bridgehead atoms. The van der Waals surface area contributed by atoms with Crippen molar-refractivity contribution in [2.24, 2.45) is 0 Å². The summed E-state index contributed by atoms with van der Waals surface area (Å²) in [4.78, 5) is 30.3. The van der Waals surface area contributed by atoms with Crippen LogP contribution in [0.4, 0.5) is 0 Å². The van der Waals surface area contributed by atoms with E-state index in [1.807, 2.05) is 30.3 Å². The molecule has 5 rings (SSSR count). The first kappa shape index (κ1) is 12.2. The highest BCUT2D eigenvalue weighted by molar-refractivity contribution is 7.19. The Morgan fingerprint density at radius 3 is 2.91 bits per heavy atom. The molecule has 4 aromatic rings. The number of hydrogen-bond acceptors (Lipinski definition) is 3. The maximum Gasteiger partial charge on any atom is 0.265 e. The number of nitrogens with zero attached hydrogens (tertiary/aromatic N) is 1. The molecule has 3 heterocycles. The van der Waals surface area contributed by atoms with Crippen LogP contribution in [-0.2, 0) is 12.8 Å². The molecule has 3 aromatic heterocycles. The number of pyridine rings is 1. The molecule has 5 heteroatoms. The summed E-state index contributed by atoms with van der Waals surface area (Å²) in [5, 5.41) is 2.25. The van der Waals surface area contributed by atoms with Gasteiger partial charge in [0.15, 0.2) is 0 Å². The average molecular weight is 308 g/mol. The van der Waals surface area contributed by atoms with E-state index in [9.17, 15) is 9.59 Å². The Bertz CT molecular complexity index is 1200. The first-order chi connectivity index (χ1) is 10.7. The molecule has 0 aliphatic heterocycles. The van der Waals surface area contributed by atoms with Gasteiger partial charge in [0, 0.05) is 10.3 Å². The Morgan fingerprint density at radius 1 is 1.14 bits per heavy atom. The lowest BCUT2D eigenvalue weighted by molar-refractivity contribution is 0.916. The molecule has 0 saturated heterocycles. The van der Waals surface area contributed by atoms with Crippen molar-refractivity contribution in [2.75, 3.05) is 0 Å². The van der Waals surface area contributed by atoms with Gasteiger partial charge < -0.3 is 4.98 Å². The quantitative estimate of drug-likeness (QED) is 0.508. The van der Waals surface area contributed by atoms with Gasteiger partial charge in [-0.25, -0.2) is 0 Å². The summed E-state index contributed by atoms with van der Waals surface area (Å²) >= 11 is 1.60. The van der Waals surface area contributed by atoms with E-state index in [1.54, 1.807) is 15.7 Å². The van der Waals surface area contributed by atoms with E-state index in [-0.39, 0.29) is 11.1 Å². The number of H-pyrrole nitrogens is 1. The number of fused-ring (bicyclic) bond motifs is 6. The molecular weight excluding hydrogens is 296 g/mol. The lowest BCUT2D eigenvalue weighted by atomic mass is 10.1. The number of aryl methyl sites for hydroxylation is 2. The molecule has 0 atom stereocenters. The van der Waals surface area contributed by atoms with E-state index in [2.05, 4.69) is 4.98 Å². The standard InChI is InChI=1S/C17H12N2O2S/c20-15-14-11-6-3-7-12(11)22-17(14)19-13(18-15)8-9-4-1-2-5-10(9)16(19)21/h1-2,4-5,8H,3,6-7H2,(H,18,20). The van der Waals surface area contributed by atoms with Gasteiger partial charge in [-0.3, -0.25) is 14.0 Å². The summed E-state index contributed by atoms with van der Waals surface area (Å²) in [6.45, 7) is 0. The van der Waals surface area contributed by atoms with E-state index in [4.69, 9.17) is 0 Å². The van der Waals surface area contributed by atoms with Crippen molar-refractivity contribution < 1.29 is 0 Å². The lowest BCUT2D eigenvalue weighted by Gasteiger charge is -2.05. The topological polar surface area (TPSA) is 54.3 Å². The van der Waals surface area contributed by atoms with Gasteiger partial charge in [0.1, 0.15) is 10.5 Å². The zero-order valence-corrected chi connectivity index (χ0v) is 12.5. The van der Waals surface area contributed by atoms with Gasteiger partial charge in [-0.15, -0.1) is 11.3 Å². The Kier molecular flexibility index (Phi) is 2.26. The second-order valence-electron chi connectivity index (χ2n) is 5.75. The SMILES string of the molecule is O=c1[nH]c2cc3ccccc3c(=O)n2c2sc3c(c12)CCC3. The van der Waals surface area contributed by atoms with Crippen molar-refractivity contribution in [3.63, 3.8) is 0 Å². The molecule has 0 unspecified atom stereocenters. The van der Waals surface area contributed by atoms with Crippen molar-refractivity contribution in [2.45, 2.75) is 19.3 Å². The second kappa shape index (κ2) is 4.08. The lowest BCUT2D eigenvalue weighted by Crippen LogP contribution is -2.19. The summed E-state index contributed by atoms with van der Waals surface area (Å²) in [7, 11) is 0. The molecule has 1 aliphatic rings. The summed E-state index contributed by atoms with van der Waals surface area (Å²) < 4.78 is 1.67. The van der Waals surface area contributed by atoms with Crippen LogP contribution in [0.3, 0.4) is 0 Å². The Hall–Kier alpha value is -2.40. The fourth-order valence-electron chi connectivity index (χ4n) is 3.51. The molecular formula is C17H12N2O2S. The molecule has 0 amide bonds. The van der Waals surface area contributed by atoms with Crippen molar-refractivity contribution in [3.8, 4) is 0 Å². The Labute approximate surface area is 128 Å². The van der Waals surface area contributed by atoms with Gasteiger partial charge in [-0.2, -0.15) is 0 Å². The van der Waals surface area contributed by atoms with E-state index >= 15 is 0 Å². The fourth-order valence-corrected chi connectivity index (χ4v) is 4.91. The molecule has 108 valence electrons. The van der Waals surface area contributed by atoms with E-state index < -0.39 is 0 Å². The molecule has 0 saturated carbocycles. The second-order valence-corrected chi connectivity index (χ2v) is 6.83. The van der Waals surface area contributed by atoms with Crippen LogP contribution in [0.5, 0.6) is 0 Å². The maximum atomic E-state index is 12.9. The third-order valence-corrected chi connectivity index (χ3v) is 5.78. The van der Waals surface area contributed by atoms with Crippen LogP contribution in [0.2, 0.25) is 0 Å². The summed E-state index contributed by atoms with van der Waals surface area (Å²) in [6.07, 6.45) is 3.05. The molecule has 0 spiro atoms. The fraction of sp³-hybridized carbons (Fsp3) is 0.176. The third-order valence-electron chi connectivity index (χ3n) is 4.50. The first-order valence-corrected chi connectivity index (χ1v) is 8.17. The zero-order valence-electron chi connectivity index (χ0n) is 11.7. The van der Waals surface area contributed by atoms with Gasteiger partial charge in [-0.1, -0.05) is 18.2 Å². The minimum Gasteiger partial charge on any atom is -0.307 e. The van der Waals surface area contributed by atoms with Crippen LogP contribution >= 0.6 is 11.3 Å². The number of aromatic nitrogens is 2. The van der Waals surface area contributed by atoms with Gasteiger partial charge in [0.2, 0.25) is 0 Å². The number of thiophene rings is 1. The van der Waals surface area contributed by atoms with E-state index in [0.29, 0.717) is 16.4 Å². The average Bonchev–Trinajstić information content (AvgIpc) is 3.07. The monoisotopic (exact) mass is 308 g/mol. The Balaban J connectivity index is 2.11. The van der Waals surface area contributed by atoms with Gasteiger partial charge >= 0.3 is 0 Å². The number of rotatable bonds is 0. The largest absolute Gasteiger partial charge is 0.307 e. The molecule has 1 aliphatic carbocycles. The highest BCUT2D eigenvalue weighted by Crippen LogP contribution is 2.35. The van der Waals surface area contributed by atoms with Crippen LogP contribution in [-0.4, -0.2) is 9.38 Å². The zero-order chi connectivity index (χ0) is 14.8. The third kappa shape index (κ3) is 1.41. The predicted molar refractivity (Wildman–Crippen MR) is 89.2 cm³/mol. The molecule has 4 nitrogen and oxygen atoms in total. The number of hydrogen-bond donors (Lipinski definition) is 1. The van der Waals surface area contributed by atoms with Crippen LogP contribution in [0.1, 0.15) is 16.9 Å². The number of benzene rings is 1. The van der Waals surface area contributed by atoms with E-state index in [1.165, 1.54) is 4.88 Å². The number of aromatic amines is 1. The molecule has 0 radical (unpaired) electrons. The Morgan fingerprint density at radius 2 is 2.00 bits per heavy atom. The van der Waals surface area contributed by atoms with Crippen LogP contribution < -0.4 is 11.1 Å². The highest BCUT2D eigenvalue weighted by Gasteiger charge is 2.22. The summed E-state index contributed by atoms with van der Waals surface area (Å²) in [5.41, 5.74) is 1.57. The van der Waals surface area contributed by atoms with Crippen molar-refractivity contribution in [1.29, 1.82) is 0 Å². The number of nitrogens with one attached hydrogen (secondary N) is 1. The van der Waals surface area contributed by atoms with Gasteiger partial charge in [0.25, 0.3) is 11.1 Å². The van der Waals surface area contributed by atoms with Crippen molar-refractivity contribution in [3.05, 3.63) is 61.5 Å². The van der Waals surface area contributed by atoms with Gasteiger partial charge in [0.05, 0.1) is 5.39 Å². The van der Waals surface area contributed by atoms with Crippen LogP contribution in [0.25, 0.3) is 26.6 Å². The minimum absolute atomic E-state index is 0.0609. The van der Waals surface area contributed by atoms with Crippen LogP contribution in [0.15, 0.2) is 39.9 Å². The van der Waals surface area contributed by atoms with Gasteiger partial charge in [-0.05, 0) is 42.3 Å². The van der Waals surface area contributed by atoms with Crippen molar-refractivity contribution >= 4 is 38.0 Å². The minimum atomic E-state index is -0.0796. The molecule has 0 fully saturated rings. The smallest absolute Gasteiger partial charge is 0.265 e. The molecule has 22 heavy (non-hydrogen) atoms. The molecule has 1 aromatic carbocycles. The van der Waals surface area contributed by atoms with E-state index in [0.717, 1.165) is 35.0 Å². The first-order valence-electron chi connectivity index (χ1n) is 7.35. The predicted octanol–water partition coefficient (Wildman–Crippen LogP) is 2.84. The summed E-state index contributed by atoms with van der Waals surface area (Å²) in [5.74, 6) is 0. The van der Waals surface area contributed by atoms with Crippen LogP contribution in [0, 0.1) is 0 Å². The highest BCUT2D eigenvalue weighted by atomic mass is 32.1. The maximum absolute atomic E-state index is 12.9. The van der Waals surface area contributed by atoms with Crippen molar-refractivity contribution in [1.82, 2.24) is 9.38 Å². The molecule has 1 N–H and O–H groups in total. The normalized spacial score (nSPS) is 14.2.